The van der Waals surface area contributed by atoms with Crippen molar-refractivity contribution in [3.63, 3.8) is 0 Å². The molecule has 1 heterocycles. The highest BCUT2D eigenvalue weighted by Gasteiger charge is 2.38. The summed E-state index contributed by atoms with van der Waals surface area (Å²) in [6, 6.07) is 12.6. The molecule has 0 radical (unpaired) electrons. The quantitative estimate of drug-likeness (QED) is 0.824. The lowest BCUT2D eigenvalue weighted by Gasteiger charge is -2.38. The number of piperidine rings is 1. The van der Waals surface area contributed by atoms with Crippen molar-refractivity contribution in [3.8, 4) is 0 Å². The molecule has 0 amide bonds. The topological polar surface area (TPSA) is 40.5 Å². The summed E-state index contributed by atoms with van der Waals surface area (Å²) in [5.41, 5.74) is 1.31. The van der Waals surface area contributed by atoms with E-state index in [0.29, 0.717) is 25.9 Å². The largest absolute Gasteiger partial charge is 0.481 e. The number of likely N-dealkylation sites (tertiary alicyclic amines) is 1. The molecule has 0 aromatic heterocycles. The third-order valence-corrected chi connectivity index (χ3v) is 5.29. The van der Waals surface area contributed by atoms with E-state index in [2.05, 4.69) is 0 Å². The molecule has 2 aromatic carbocycles. The minimum Gasteiger partial charge on any atom is -0.481 e. The zero-order valence-electron chi connectivity index (χ0n) is 15.0. The lowest BCUT2D eigenvalue weighted by atomic mass is 9.87. The van der Waals surface area contributed by atoms with Gasteiger partial charge < -0.3 is 5.11 Å². The standard InChI is InChI=1S/C21H22F3NO2/c1-14-6-2-3-7-16(14)19(25-12-10-15(11-13-25)20(26)27)17-8-4-5-9-18(17)21(22,23)24/h2-9,15,19H,10-13H2,1H3,(H,26,27). The van der Waals surface area contributed by atoms with Crippen molar-refractivity contribution in [3.05, 3.63) is 70.8 Å². The average Bonchev–Trinajstić information content (AvgIpc) is 2.63. The normalized spacial score (nSPS) is 17.6. The second kappa shape index (κ2) is 7.72. The fraction of sp³-hybridized carbons (Fsp3) is 0.381. The maximum atomic E-state index is 13.7. The van der Waals surface area contributed by atoms with Gasteiger partial charge in [-0.2, -0.15) is 13.2 Å². The second-order valence-electron chi connectivity index (χ2n) is 6.99. The zero-order valence-corrected chi connectivity index (χ0v) is 15.0. The van der Waals surface area contributed by atoms with Crippen LogP contribution in [0.2, 0.25) is 0 Å². The predicted molar refractivity (Wildman–Crippen MR) is 96.4 cm³/mol. The van der Waals surface area contributed by atoms with Gasteiger partial charge in [0, 0.05) is 0 Å². The molecule has 1 aliphatic rings. The van der Waals surface area contributed by atoms with E-state index >= 15 is 0 Å². The fourth-order valence-electron chi connectivity index (χ4n) is 3.85. The zero-order chi connectivity index (χ0) is 19.6. The van der Waals surface area contributed by atoms with Crippen molar-refractivity contribution in [2.75, 3.05) is 13.1 Å². The van der Waals surface area contributed by atoms with Crippen LogP contribution in [0.3, 0.4) is 0 Å². The van der Waals surface area contributed by atoms with Crippen LogP contribution in [0.1, 0.15) is 41.1 Å². The molecule has 3 nitrogen and oxygen atoms in total. The molecule has 1 N–H and O–H groups in total. The van der Waals surface area contributed by atoms with Gasteiger partial charge in [-0.05, 0) is 55.6 Å². The molecule has 1 unspecified atom stereocenters. The number of hydrogen-bond acceptors (Lipinski definition) is 2. The van der Waals surface area contributed by atoms with Gasteiger partial charge >= 0.3 is 12.1 Å². The molecule has 0 spiro atoms. The molecule has 0 saturated carbocycles. The van der Waals surface area contributed by atoms with E-state index in [4.69, 9.17) is 0 Å². The van der Waals surface area contributed by atoms with E-state index in [9.17, 15) is 23.1 Å². The summed E-state index contributed by atoms with van der Waals surface area (Å²) < 4.78 is 41.0. The van der Waals surface area contributed by atoms with Crippen molar-refractivity contribution >= 4 is 5.97 Å². The Labute approximate surface area is 156 Å². The Balaban J connectivity index is 2.06. The smallest absolute Gasteiger partial charge is 0.416 e. The summed E-state index contributed by atoms with van der Waals surface area (Å²) in [6.45, 7) is 2.78. The summed E-state index contributed by atoms with van der Waals surface area (Å²) in [6.07, 6.45) is -3.57. The van der Waals surface area contributed by atoms with E-state index in [-0.39, 0.29) is 5.56 Å². The highest BCUT2D eigenvalue weighted by atomic mass is 19.4. The second-order valence-corrected chi connectivity index (χ2v) is 6.99. The number of benzene rings is 2. The van der Waals surface area contributed by atoms with Crippen molar-refractivity contribution in [1.29, 1.82) is 0 Å². The fourth-order valence-corrected chi connectivity index (χ4v) is 3.85. The molecule has 6 heteroatoms. The maximum Gasteiger partial charge on any atom is 0.416 e. The van der Waals surface area contributed by atoms with Gasteiger partial charge in [0.25, 0.3) is 0 Å². The molecule has 1 aliphatic heterocycles. The van der Waals surface area contributed by atoms with Crippen LogP contribution in [-0.2, 0) is 11.0 Å². The molecule has 27 heavy (non-hydrogen) atoms. The first kappa shape index (κ1) is 19.4. The molecule has 1 fully saturated rings. The third kappa shape index (κ3) is 4.16. The first-order chi connectivity index (χ1) is 12.8. The average molecular weight is 377 g/mol. The van der Waals surface area contributed by atoms with Crippen molar-refractivity contribution < 1.29 is 23.1 Å². The van der Waals surface area contributed by atoms with Crippen LogP contribution in [0.5, 0.6) is 0 Å². The van der Waals surface area contributed by atoms with Gasteiger partial charge in [0.15, 0.2) is 0 Å². The Morgan fingerprint density at radius 1 is 1.04 bits per heavy atom. The van der Waals surface area contributed by atoms with Crippen molar-refractivity contribution in [2.45, 2.75) is 32.0 Å². The molecular weight excluding hydrogens is 355 g/mol. The minimum atomic E-state index is -4.45. The van der Waals surface area contributed by atoms with Crippen LogP contribution in [-0.4, -0.2) is 29.1 Å². The van der Waals surface area contributed by atoms with Gasteiger partial charge in [-0.15, -0.1) is 0 Å². The Bertz CT molecular complexity index is 811. The maximum absolute atomic E-state index is 13.7. The number of nitrogens with zero attached hydrogens (tertiary/aromatic N) is 1. The van der Waals surface area contributed by atoms with Crippen LogP contribution in [0.15, 0.2) is 48.5 Å². The van der Waals surface area contributed by atoms with Crippen LogP contribution < -0.4 is 0 Å². The van der Waals surface area contributed by atoms with Gasteiger partial charge in [0.1, 0.15) is 0 Å². The molecule has 1 atom stereocenters. The SMILES string of the molecule is Cc1ccccc1C(c1ccccc1C(F)(F)F)N1CCC(C(=O)O)CC1. The van der Waals surface area contributed by atoms with Gasteiger partial charge in [0.2, 0.25) is 0 Å². The van der Waals surface area contributed by atoms with Crippen LogP contribution in [0.4, 0.5) is 13.2 Å². The summed E-state index contributed by atoms with van der Waals surface area (Å²) >= 11 is 0. The number of halogens is 3. The number of aryl methyl sites for hydroxylation is 1. The first-order valence-corrected chi connectivity index (χ1v) is 8.97. The number of alkyl halides is 3. The van der Waals surface area contributed by atoms with Crippen LogP contribution in [0.25, 0.3) is 0 Å². The van der Waals surface area contributed by atoms with E-state index in [0.717, 1.165) is 17.2 Å². The first-order valence-electron chi connectivity index (χ1n) is 8.97. The van der Waals surface area contributed by atoms with Gasteiger partial charge in [-0.25, -0.2) is 0 Å². The Morgan fingerprint density at radius 2 is 1.59 bits per heavy atom. The van der Waals surface area contributed by atoms with Crippen molar-refractivity contribution in [1.82, 2.24) is 4.90 Å². The van der Waals surface area contributed by atoms with Crippen LogP contribution >= 0.6 is 0 Å². The highest BCUT2D eigenvalue weighted by molar-refractivity contribution is 5.70. The predicted octanol–water partition coefficient (Wildman–Crippen LogP) is 4.90. The third-order valence-electron chi connectivity index (χ3n) is 5.29. The summed E-state index contributed by atoms with van der Waals surface area (Å²) in [4.78, 5) is 13.2. The van der Waals surface area contributed by atoms with E-state index < -0.39 is 29.7 Å². The van der Waals surface area contributed by atoms with Gasteiger partial charge in [-0.1, -0.05) is 42.5 Å². The number of hydrogen-bond donors (Lipinski definition) is 1. The Hall–Kier alpha value is -2.34. The molecule has 0 aliphatic carbocycles. The van der Waals surface area contributed by atoms with Crippen LogP contribution in [0, 0.1) is 12.8 Å². The molecule has 1 saturated heterocycles. The van der Waals surface area contributed by atoms with Gasteiger partial charge in [0.05, 0.1) is 17.5 Å². The molecule has 0 bridgehead atoms. The van der Waals surface area contributed by atoms with Crippen molar-refractivity contribution in [2.24, 2.45) is 5.92 Å². The monoisotopic (exact) mass is 377 g/mol. The highest BCUT2D eigenvalue weighted by Crippen LogP contribution is 2.41. The molecule has 2 aromatic rings. The summed E-state index contributed by atoms with van der Waals surface area (Å²) in [7, 11) is 0. The molecular formula is C21H22F3NO2. The lowest BCUT2D eigenvalue weighted by molar-refractivity contribution is -0.143. The van der Waals surface area contributed by atoms with E-state index in [1.165, 1.54) is 12.1 Å². The van der Waals surface area contributed by atoms with Gasteiger partial charge in [-0.3, -0.25) is 9.69 Å². The Kier molecular flexibility index (Phi) is 5.56. The Morgan fingerprint density at radius 3 is 2.15 bits per heavy atom. The minimum absolute atomic E-state index is 0.216. The van der Waals surface area contributed by atoms with E-state index in [1.54, 1.807) is 6.07 Å². The molecule has 3 rings (SSSR count). The molecule has 144 valence electrons. The summed E-state index contributed by atoms with van der Waals surface area (Å²) in [5.74, 6) is -1.27. The summed E-state index contributed by atoms with van der Waals surface area (Å²) in [5, 5.41) is 9.22. The number of carboxylic acid groups (broad SMARTS) is 1. The van der Waals surface area contributed by atoms with E-state index in [1.807, 2.05) is 36.1 Å². The lowest BCUT2D eigenvalue weighted by Crippen LogP contribution is -2.40. The number of carboxylic acids is 1. The number of rotatable bonds is 4. The number of aliphatic carboxylic acids is 1. The number of carbonyl (C=O) groups is 1.